The summed E-state index contributed by atoms with van der Waals surface area (Å²) in [5.74, 6) is 0.459. The molecule has 0 fully saturated rings. The van der Waals surface area contributed by atoms with Crippen molar-refractivity contribution in [3.63, 3.8) is 0 Å². The van der Waals surface area contributed by atoms with Crippen LogP contribution in [0.3, 0.4) is 0 Å². The average molecular weight is 409 g/mol. The second-order valence-electron chi connectivity index (χ2n) is 7.02. The van der Waals surface area contributed by atoms with Crippen molar-refractivity contribution < 1.29 is 9.53 Å². The third kappa shape index (κ3) is 5.03. The topological polar surface area (TPSA) is 51.2 Å². The van der Waals surface area contributed by atoms with Crippen LogP contribution in [-0.2, 0) is 6.42 Å². The summed E-state index contributed by atoms with van der Waals surface area (Å²) >= 11 is 6.53. The molecule has 0 spiro atoms. The Labute approximate surface area is 176 Å². The SMILES string of the molecule is CNCCOc1c(C=O)cc(Cc2ccc(-c3ccc(C)nc3)cc2)c(C)c1Cl. The van der Waals surface area contributed by atoms with Crippen molar-refractivity contribution in [2.75, 3.05) is 20.2 Å². The Morgan fingerprint density at radius 3 is 2.45 bits per heavy atom. The van der Waals surface area contributed by atoms with Gasteiger partial charge in [-0.3, -0.25) is 9.78 Å². The molecule has 0 aliphatic heterocycles. The molecular formula is C24H25ClN2O2. The van der Waals surface area contributed by atoms with E-state index in [9.17, 15) is 4.79 Å². The number of rotatable bonds is 8. The van der Waals surface area contributed by atoms with Crippen LogP contribution in [0.1, 0.15) is 32.7 Å². The van der Waals surface area contributed by atoms with E-state index in [1.165, 1.54) is 0 Å². The number of aryl methyl sites for hydroxylation is 1. The minimum Gasteiger partial charge on any atom is -0.490 e. The third-order valence-electron chi connectivity index (χ3n) is 4.92. The fraction of sp³-hybridized carbons (Fsp3) is 0.250. The number of aromatic nitrogens is 1. The largest absolute Gasteiger partial charge is 0.490 e. The molecule has 0 bridgehead atoms. The van der Waals surface area contributed by atoms with Crippen LogP contribution >= 0.6 is 11.6 Å². The van der Waals surface area contributed by atoms with Crippen LogP contribution in [0.4, 0.5) is 0 Å². The molecule has 0 unspecified atom stereocenters. The molecule has 3 aromatic rings. The van der Waals surface area contributed by atoms with E-state index >= 15 is 0 Å². The van der Waals surface area contributed by atoms with E-state index < -0.39 is 0 Å². The molecule has 0 aliphatic carbocycles. The van der Waals surface area contributed by atoms with Crippen LogP contribution in [-0.4, -0.2) is 31.5 Å². The highest BCUT2D eigenvalue weighted by atomic mass is 35.5. The van der Waals surface area contributed by atoms with Gasteiger partial charge in [0.25, 0.3) is 0 Å². The lowest BCUT2D eigenvalue weighted by Crippen LogP contribution is -2.17. The zero-order valence-electron chi connectivity index (χ0n) is 17.0. The fourth-order valence-corrected chi connectivity index (χ4v) is 3.43. The molecule has 0 amide bonds. The van der Waals surface area contributed by atoms with Gasteiger partial charge in [-0.25, -0.2) is 0 Å². The Balaban J connectivity index is 1.83. The number of carbonyl (C=O) groups excluding carboxylic acids is 1. The molecule has 1 aromatic heterocycles. The number of halogens is 1. The van der Waals surface area contributed by atoms with Gasteiger partial charge >= 0.3 is 0 Å². The Hall–Kier alpha value is -2.69. The van der Waals surface area contributed by atoms with Gasteiger partial charge in [0.2, 0.25) is 0 Å². The highest BCUT2D eigenvalue weighted by molar-refractivity contribution is 6.33. The average Bonchev–Trinajstić information content (AvgIpc) is 2.74. The lowest BCUT2D eigenvalue weighted by atomic mass is 9.96. The van der Waals surface area contributed by atoms with Gasteiger partial charge < -0.3 is 10.1 Å². The number of benzene rings is 2. The molecule has 1 N–H and O–H groups in total. The highest BCUT2D eigenvalue weighted by Crippen LogP contribution is 2.34. The fourth-order valence-electron chi connectivity index (χ4n) is 3.15. The van der Waals surface area contributed by atoms with Crippen LogP contribution in [0.5, 0.6) is 5.75 Å². The van der Waals surface area contributed by atoms with Gasteiger partial charge in [-0.1, -0.05) is 41.9 Å². The van der Waals surface area contributed by atoms with E-state index in [0.29, 0.717) is 35.9 Å². The monoisotopic (exact) mass is 408 g/mol. The molecular weight excluding hydrogens is 384 g/mol. The normalized spacial score (nSPS) is 10.8. The van der Waals surface area contributed by atoms with Crippen LogP contribution in [0.2, 0.25) is 5.02 Å². The number of pyridine rings is 1. The van der Waals surface area contributed by atoms with Crippen molar-refractivity contribution in [1.82, 2.24) is 10.3 Å². The minimum absolute atomic E-state index is 0.450. The molecule has 150 valence electrons. The van der Waals surface area contributed by atoms with Gasteiger partial charge in [0.15, 0.2) is 6.29 Å². The van der Waals surface area contributed by atoms with E-state index in [2.05, 4.69) is 40.6 Å². The minimum atomic E-state index is 0.450. The first-order valence-electron chi connectivity index (χ1n) is 9.60. The summed E-state index contributed by atoms with van der Waals surface area (Å²) in [6.45, 7) is 5.07. The Kier molecular flexibility index (Phi) is 7.02. The van der Waals surface area contributed by atoms with Gasteiger partial charge in [-0.05, 0) is 61.7 Å². The number of carbonyl (C=O) groups is 1. The number of ether oxygens (including phenoxy) is 1. The first-order chi connectivity index (χ1) is 14.0. The van der Waals surface area contributed by atoms with Gasteiger partial charge in [0, 0.05) is 24.0 Å². The lowest BCUT2D eigenvalue weighted by molar-refractivity contribution is 0.111. The summed E-state index contributed by atoms with van der Waals surface area (Å²) in [5.41, 5.74) is 6.79. The molecule has 0 aliphatic rings. The van der Waals surface area contributed by atoms with Crippen LogP contribution in [0, 0.1) is 13.8 Å². The molecule has 0 radical (unpaired) electrons. The van der Waals surface area contributed by atoms with E-state index in [1.807, 2.05) is 39.2 Å². The Bertz CT molecular complexity index is 983. The zero-order valence-corrected chi connectivity index (χ0v) is 17.7. The number of hydrogen-bond acceptors (Lipinski definition) is 4. The molecule has 0 atom stereocenters. The number of likely N-dealkylation sites (N-methyl/N-ethyl adjacent to an activating group) is 1. The molecule has 0 saturated heterocycles. The van der Waals surface area contributed by atoms with Crippen LogP contribution < -0.4 is 10.1 Å². The van der Waals surface area contributed by atoms with E-state index in [1.54, 1.807) is 0 Å². The predicted octanol–water partition coefficient (Wildman–Crippen LogP) is 5.02. The summed E-state index contributed by atoms with van der Waals surface area (Å²) in [6, 6.07) is 14.3. The summed E-state index contributed by atoms with van der Waals surface area (Å²) in [4.78, 5) is 16.0. The predicted molar refractivity (Wildman–Crippen MR) is 118 cm³/mol. The maximum absolute atomic E-state index is 11.6. The number of nitrogens with one attached hydrogen (secondary N) is 1. The lowest BCUT2D eigenvalue weighted by Gasteiger charge is -2.16. The second kappa shape index (κ2) is 9.68. The number of nitrogens with zero attached hydrogens (tertiary/aromatic N) is 1. The van der Waals surface area contributed by atoms with Gasteiger partial charge in [0.1, 0.15) is 12.4 Å². The number of aldehydes is 1. The first-order valence-corrected chi connectivity index (χ1v) is 9.97. The third-order valence-corrected chi connectivity index (χ3v) is 5.38. The van der Waals surface area contributed by atoms with Crippen molar-refractivity contribution in [3.05, 3.63) is 81.6 Å². The smallest absolute Gasteiger partial charge is 0.153 e. The summed E-state index contributed by atoms with van der Waals surface area (Å²) in [7, 11) is 1.85. The molecule has 29 heavy (non-hydrogen) atoms. The Morgan fingerprint density at radius 2 is 1.83 bits per heavy atom. The van der Waals surface area contributed by atoms with Crippen LogP contribution in [0.25, 0.3) is 11.1 Å². The summed E-state index contributed by atoms with van der Waals surface area (Å²) < 4.78 is 5.73. The standard InChI is InChI=1S/C24H25ClN2O2/c1-16-4-7-20(14-27-16)19-8-5-18(6-9-19)12-21-13-22(15-28)24(23(25)17(21)2)29-11-10-26-3/h4-9,13-15,26H,10-12H2,1-3H3. The molecule has 4 nitrogen and oxygen atoms in total. The van der Waals surface area contributed by atoms with Gasteiger partial charge in [-0.2, -0.15) is 0 Å². The second-order valence-corrected chi connectivity index (χ2v) is 7.40. The van der Waals surface area contributed by atoms with Crippen LogP contribution in [0.15, 0.2) is 48.7 Å². The molecule has 2 aromatic carbocycles. The zero-order chi connectivity index (χ0) is 20.8. The van der Waals surface area contributed by atoms with Crippen molar-refractivity contribution >= 4 is 17.9 Å². The first kappa shape index (κ1) is 21.0. The maximum Gasteiger partial charge on any atom is 0.153 e. The quantitative estimate of drug-likeness (QED) is 0.420. The summed E-state index contributed by atoms with van der Waals surface area (Å²) in [6.07, 6.45) is 3.38. The van der Waals surface area contributed by atoms with Gasteiger partial charge in [0.05, 0.1) is 10.6 Å². The summed E-state index contributed by atoms with van der Waals surface area (Å²) in [5, 5.41) is 3.52. The molecule has 0 saturated carbocycles. The maximum atomic E-state index is 11.6. The molecule has 1 heterocycles. The van der Waals surface area contributed by atoms with Crippen molar-refractivity contribution in [3.8, 4) is 16.9 Å². The van der Waals surface area contributed by atoms with Crippen molar-refractivity contribution in [2.24, 2.45) is 0 Å². The van der Waals surface area contributed by atoms with E-state index in [-0.39, 0.29) is 0 Å². The van der Waals surface area contributed by atoms with Gasteiger partial charge in [-0.15, -0.1) is 0 Å². The molecule has 3 rings (SSSR count). The van der Waals surface area contributed by atoms with E-state index in [4.69, 9.17) is 16.3 Å². The van der Waals surface area contributed by atoms with Crippen molar-refractivity contribution in [1.29, 1.82) is 0 Å². The molecule has 5 heteroatoms. The highest BCUT2D eigenvalue weighted by Gasteiger charge is 2.15. The Morgan fingerprint density at radius 1 is 1.10 bits per heavy atom. The van der Waals surface area contributed by atoms with E-state index in [0.717, 1.165) is 39.8 Å². The van der Waals surface area contributed by atoms with Crippen molar-refractivity contribution in [2.45, 2.75) is 20.3 Å². The number of hydrogen-bond donors (Lipinski definition) is 1.